The van der Waals surface area contributed by atoms with E-state index in [1.807, 2.05) is 31.4 Å². The maximum atomic E-state index is 13.1. The molecule has 4 aromatic rings. The molecule has 0 aliphatic carbocycles. The van der Waals surface area contributed by atoms with E-state index in [4.69, 9.17) is 0 Å². The lowest BCUT2D eigenvalue weighted by molar-refractivity contribution is -0.113. The van der Waals surface area contributed by atoms with Gasteiger partial charge in [0.15, 0.2) is 10.3 Å². The van der Waals surface area contributed by atoms with E-state index in [1.165, 1.54) is 35.2 Å². The number of fused-ring (bicyclic) bond motifs is 1. The van der Waals surface area contributed by atoms with Crippen molar-refractivity contribution in [2.45, 2.75) is 31.5 Å². The number of carbonyl (C=O) groups is 1. The Labute approximate surface area is 192 Å². The molecule has 0 fully saturated rings. The minimum Gasteiger partial charge on any atom is -0.301 e. The second kappa shape index (κ2) is 9.62. The van der Waals surface area contributed by atoms with Gasteiger partial charge in [-0.2, -0.15) is 0 Å². The highest BCUT2D eigenvalue weighted by atomic mass is 32.2. The molecule has 0 bridgehead atoms. The van der Waals surface area contributed by atoms with Gasteiger partial charge in [-0.15, -0.1) is 11.3 Å². The molecule has 2 heterocycles. The molecular weight excluding hydrogens is 447 g/mol. The molecule has 2 aromatic carbocycles. The first-order chi connectivity index (χ1) is 15.5. The first-order valence-corrected chi connectivity index (χ1v) is 12.0. The topological polar surface area (TPSA) is 76.9 Å². The molecule has 32 heavy (non-hydrogen) atoms. The quantitative estimate of drug-likeness (QED) is 0.292. The van der Waals surface area contributed by atoms with Crippen LogP contribution < -0.4 is 10.9 Å². The number of aromatic nitrogens is 3. The molecule has 1 N–H and O–H groups in total. The van der Waals surface area contributed by atoms with Gasteiger partial charge in [0.05, 0.1) is 22.3 Å². The third-order valence-electron chi connectivity index (χ3n) is 5.03. The van der Waals surface area contributed by atoms with E-state index in [9.17, 15) is 14.0 Å². The van der Waals surface area contributed by atoms with Crippen LogP contribution in [0.5, 0.6) is 0 Å². The number of para-hydroxylation sites is 1. The summed E-state index contributed by atoms with van der Waals surface area (Å²) < 4.78 is 14.8. The molecule has 0 saturated carbocycles. The zero-order chi connectivity index (χ0) is 22.7. The van der Waals surface area contributed by atoms with Crippen LogP contribution in [-0.4, -0.2) is 26.2 Å². The predicted octanol–water partition coefficient (Wildman–Crippen LogP) is 5.36. The van der Waals surface area contributed by atoms with Crippen molar-refractivity contribution in [1.29, 1.82) is 0 Å². The maximum Gasteiger partial charge on any atom is 0.262 e. The molecule has 0 aliphatic heterocycles. The molecule has 2 aromatic heterocycles. The fourth-order valence-electron chi connectivity index (χ4n) is 3.17. The second-order valence-corrected chi connectivity index (χ2v) is 9.03. The number of carbonyl (C=O) groups excluding carboxylic acids is 1. The SMILES string of the molecule is CCC(C)n1c(SCC(=O)Nc2nc(-c3ccc(F)cc3)cs2)nc2ccccc2c1=O. The number of benzene rings is 2. The number of thioether (sulfide) groups is 1. The lowest BCUT2D eigenvalue weighted by Crippen LogP contribution is -2.26. The Balaban J connectivity index is 1.49. The van der Waals surface area contributed by atoms with Crippen molar-refractivity contribution in [1.82, 2.24) is 14.5 Å². The van der Waals surface area contributed by atoms with Crippen molar-refractivity contribution < 1.29 is 9.18 Å². The minimum atomic E-state index is -0.312. The molecule has 0 spiro atoms. The normalized spacial score (nSPS) is 12.1. The van der Waals surface area contributed by atoms with Gasteiger partial charge in [0.1, 0.15) is 5.82 Å². The van der Waals surface area contributed by atoms with Gasteiger partial charge in [0.25, 0.3) is 5.56 Å². The second-order valence-electron chi connectivity index (χ2n) is 7.23. The molecule has 4 rings (SSSR count). The largest absolute Gasteiger partial charge is 0.301 e. The molecule has 1 unspecified atom stereocenters. The number of amides is 1. The van der Waals surface area contributed by atoms with Gasteiger partial charge in [-0.25, -0.2) is 14.4 Å². The molecular formula is C23H21FN4O2S2. The van der Waals surface area contributed by atoms with Crippen molar-refractivity contribution in [3.63, 3.8) is 0 Å². The highest BCUT2D eigenvalue weighted by molar-refractivity contribution is 7.99. The molecule has 1 atom stereocenters. The average Bonchev–Trinajstić information content (AvgIpc) is 3.26. The number of halogens is 1. The number of nitrogens with one attached hydrogen (secondary N) is 1. The number of hydrogen-bond donors (Lipinski definition) is 1. The van der Waals surface area contributed by atoms with Crippen LogP contribution in [0.4, 0.5) is 9.52 Å². The Kier molecular flexibility index (Phi) is 6.66. The summed E-state index contributed by atoms with van der Waals surface area (Å²) in [6, 6.07) is 13.2. The van der Waals surface area contributed by atoms with Crippen molar-refractivity contribution in [3.8, 4) is 11.3 Å². The predicted molar refractivity (Wildman–Crippen MR) is 128 cm³/mol. The molecule has 9 heteroatoms. The van der Waals surface area contributed by atoms with Crippen molar-refractivity contribution in [3.05, 3.63) is 70.1 Å². The number of nitrogens with zero attached hydrogens (tertiary/aromatic N) is 3. The van der Waals surface area contributed by atoms with Crippen molar-refractivity contribution in [2.75, 3.05) is 11.1 Å². The van der Waals surface area contributed by atoms with E-state index in [0.29, 0.717) is 26.9 Å². The van der Waals surface area contributed by atoms with Crippen LogP contribution in [0, 0.1) is 5.82 Å². The van der Waals surface area contributed by atoms with Gasteiger partial charge in [-0.1, -0.05) is 30.8 Å². The molecule has 1 amide bonds. The molecule has 0 saturated heterocycles. The van der Waals surface area contributed by atoms with Crippen LogP contribution in [0.25, 0.3) is 22.2 Å². The summed E-state index contributed by atoms with van der Waals surface area (Å²) in [5, 5.41) is 6.14. The average molecular weight is 469 g/mol. The maximum absolute atomic E-state index is 13.1. The smallest absolute Gasteiger partial charge is 0.262 e. The van der Waals surface area contributed by atoms with Gasteiger partial charge in [-0.05, 0) is 49.7 Å². The Morgan fingerprint density at radius 2 is 1.94 bits per heavy atom. The minimum absolute atomic E-state index is 0.0394. The lowest BCUT2D eigenvalue weighted by Gasteiger charge is -2.18. The van der Waals surface area contributed by atoms with E-state index in [1.54, 1.807) is 28.8 Å². The van der Waals surface area contributed by atoms with E-state index in [-0.39, 0.29) is 29.1 Å². The molecule has 0 radical (unpaired) electrons. The summed E-state index contributed by atoms with van der Waals surface area (Å²) in [4.78, 5) is 34.6. The number of rotatable bonds is 7. The zero-order valence-electron chi connectivity index (χ0n) is 17.5. The Morgan fingerprint density at radius 3 is 2.69 bits per heavy atom. The van der Waals surface area contributed by atoms with E-state index in [0.717, 1.165) is 12.0 Å². The van der Waals surface area contributed by atoms with Crippen LogP contribution in [0.3, 0.4) is 0 Å². The van der Waals surface area contributed by atoms with Gasteiger partial charge in [0.2, 0.25) is 5.91 Å². The number of anilines is 1. The number of thiazole rings is 1. The number of hydrogen-bond acceptors (Lipinski definition) is 6. The molecule has 0 aliphatic rings. The van der Waals surface area contributed by atoms with Gasteiger partial charge >= 0.3 is 0 Å². The Morgan fingerprint density at radius 1 is 1.19 bits per heavy atom. The summed E-state index contributed by atoms with van der Waals surface area (Å²) in [6.07, 6.45) is 0.769. The Hall–Kier alpha value is -3.04. The first kappa shape index (κ1) is 22.2. The molecule has 164 valence electrons. The Bertz CT molecular complexity index is 1320. The van der Waals surface area contributed by atoms with Gasteiger partial charge < -0.3 is 5.32 Å². The van der Waals surface area contributed by atoms with Crippen LogP contribution in [0.15, 0.2) is 63.9 Å². The first-order valence-electron chi connectivity index (χ1n) is 10.1. The summed E-state index contributed by atoms with van der Waals surface area (Å²) in [6.45, 7) is 3.98. The fraction of sp³-hybridized carbons (Fsp3) is 0.217. The molecule has 6 nitrogen and oxygen atoms in total. The van der Waals surface area contributed by atoms with Crippen molar-refractivity contribution >= 4 is 45.0 Å². The fourth-order valence-corrected chi connectivity index (χ4v) is 4.80. The third-order valence-corrected chi connectivity index (χ3v) is 6.74. The highest BCUT2D eigenvalue weighted by Gasteiger charge is 2.17. The highest BCUT2D eigenvalue weighted by Crippen LogP contribution is 2.26. The van der Waals surface area contributed by atoms with Crippen LogP contribution in [0.2, 0.25) is 0 Å². The zero-order valence-corrected chi connectivity index (χ0v) is 19.2. The van der Waals surface area contributed by atoms with Crippen LogP contribution >= 0.6 is 23.1 Å². The third kappa shape index (κ3) is 4.73. The summed E-state index contributed by atoms with van der Waals surface area (Å²) in [5.41, 5.74) is 1.95. The van der Waals surface area contributed by atoms with E-state index >= 15 is 0 Å². The monoisotopic (exact) mass is 468 g/mol. The van der Waals surface area contributed by atoms with Crippen LogP contribution in [-0.2, 0) is 4.79 Å². The lowest BCUT2D eigenvalue weighted by atomic mass is 10.2. The van der Waals surface area contributed by atoms with E-state index < -0.39 is 0 Å². The van der Waals surface area contributed by atoms with Crippen LogP contribution in [0.1, 0.15) is 26.3 Å². The van der Waals surface area contributed by atoms with E-state index in [2.05, 4.69) is 15.3 Å². The van der Waals surface area contributed by atoms with Gasteiger partial charge in [0, 0.05) is 17.0 Å². The van der Waals surface area contributed by atoms with Gasteiger partial charge in [-0.3, -0.25) is 14.2 Å². The summed E-state index contributed by atoms with van der Waals surface area (Å²) in [5.74, 6) is -0.465. The van der Waals surface area contributed by atoms with Crippen molar-refractivity contribution in [2.24, 2.45) is 0 Å². The standard InChI is InChI=1S/C23H21FN4O2S2/c1-3-14(2)28-21(30)17-6-4-5-7-18(17)26-23(28)32-13-20(29)27-22-25-19(12-31-22)15-8-10-16(24)11-9-15/h4-12,14H,3,13H2,1-2H3,(H,25,27,29). The summed E-state index contributed by atoms with van der Waals surface area (Å²) in [7, 11) is 0. The summed E-state index contributed by atoms with van der Waals surface area (Å²) >= 11 is 2.52.